The molecule has 1 fully saturated rings. The van der Waals surface area contributed by atoms with Gasteiger partial charge in [-0.2, -0.15) is 0 Å². The summed E-state index contributed by atoms with van der Waals surface area (Å²) in [5, 5.41) is 3.05. The fourth-order valence-corrected chi connectivity index (χ4v) is 1.70. The van der Waals surface area contributed by atoms with Gasteiger partial charge in [0.2, 0.25) is 5.91 Å². The van der Waals surface area contributed by atoms with Crippen LogP contribution in [0.3, 0.4) is 0 Å². The molecule has 1 aliphatic heterocycles. The van der Waals surface area contributed by atoms with Crippen LogP contribution in [-0.4, -0.2) is 37.0 Å². The average molecular weight is 170 g/mol. The van der Waals surface area contributed by atoms with E-state index in [1.165, 1.54) is 0 Å². The molecule has 0 aromatic rings. The standard InChI is InChI=1S/C9H18N2O/c1-3-6-11-7-4-5-8(10-2)9(11)12/h8,10H,3-7H2,1-2H3. The Bertz CT molecular complexity index is 157. The van der Waals surface area contributed by atoms with Gasteiger partial charge < -0.3 is 10.2 Å². The zero-order valence-electron chi connectivity index (χ0n) is 7.97. The van der Waals surface area contributed by atoms with E-state index in [4.69, 9.17) is 0 Å². The second-order valence-corrected chi connectivity index (χ2v) is 3.31. The van der Waals surface area contributed by atoms with Crippen LogP contribution in [0.4, 0.5) is 0 Å². The first-order valence-electron chi connectivity index (χ1n) is 4.75. The highest BCUT2D eigenvalue weighted by molar-refractivity contribution is 5.82. The predicted molar refractivity (Wildman–Crippen MR) is 49.0 cm³/mol. The van der Waals surface area contributed by atoms with Gasteiger partial charge in [-0.1, -0.05) is 6.92 Å². The Morgan fingerprint density at radius 2 is 2.42 bits per heavy atom. The van der Waals surface area contributed by atoms with E-state index in [9.17, 15) is 4.79 Å². The SMILES string of the molecule is CCCN1CCCC(NC)C1=O. The Kier molecular flexibility index (Phi) is 3.53. The lowest BCUT2D eigenvalue weighted by molar-refractivity contribution is -0.135. The molecule has 1 aliphatic rings. The third kappa shape index (κ3) is 1.97. The van der Waals surface area contributed by atoms with Crippen molar-refractivity contribution in [1.29, 1.82) is 0 Å². The highest BCUT2D eigenvalue weighted by atomic mass is 16.2. The maximum atomic E-state index is 11.6. The normalized spacial score (nSPS) is 24.7. The average Bonchev–Trinajstić information content (AvgIpc) is 2.09. The molecule has 70 valence electrons. The summed E-state index contributed by atoms with van der Waals surface area (Å²) in [5.74, 6) is 0.283. The molecule has 1 N–H and O–H groups in total. The molecule has 0 aliphatic carbocycles. The van der Waals surface area contributed by atoms with Crippen LogP contribution >= 0.6 is 0 Å². The van der Waals surface area contributed by atoms with E-state index < -0.39 is 0 Å². The molecule has 12 heavy (non-hydrogen) atoms. The Labute approximate surface area is 74.1 Å². The third-order valence-electron chi connectivity index (χ3n) is 2.37. The van der Waals surface area contributed by atoms with E-state index in [0.717, 1.165) is 32.4 Å². The van der Waals surface area contributed by atoms with Crippen LogP contribution in [-0.2, 0) is 4.79 Å². The number of nitrogens with zero attached hydrogens (tertiary/aromatic N) is 1. The lowest BCUT2D eigenvalue weighted by Crippen LogP contribution is -2.49. The van der Waals surface area contributed by atoms with Crippen molar-refractivity contribution < 1.29 is 4.79 Å². The number of hydrogen-bond acceptors (Lipinski definition) is 2. The topological polar surface area (TPSA) is 32.3 Å². The highest BCUT2D eigenvalue weighted by Crippen LogP contribution is 2.11. The van der Waals surface area contributed by atoms with E-state index in [1.807, 2.05) is 11.9 Å². The van der Waals surface area contributed by atoms with Crippen LogP contribution in [0.25, 0.3) is 0 Å². The fraction of sp³-hybridized carbons (Fsp3) is 0.889. The molecule has 0 aromatic carbocycles. The quantitative estimate of drug-likeness (QED) is 0.673. The zero-order valence-corrected chi connectivity index (χ0v) is 7.97. The molecular weight excluding hydrogens is 152 g/mol. The molecule has 3 nitrogen and oxygen atoms in total. The molecule has 1 heterocycles. The number of carbonyl (C=O) groups is 1. The highest BCUT2D eigenvalue weighted by Gasteiger charge is 2.26. The molecule has 1 amide bonds. The molecule has 1 atom stereocenters. The summed E-state index contributed by atoms with van der Waals surface area (Å²) in [4.78, 5) is 13.6. The molecule has 0 bridgehead atoms. The van der Waals surface area contributed by atoms with Crippen LogP contribution in [0.1, 0.15) is 26.2 Å². The predicted octanol–water partition coefficient (Wildman–Crippen LogP) is 0.607. The molecule has 0 radical (unpaired) electrons. The first-order valence-corrected chi connectivity index (χ1v) is 4.75. The summed E-state index contributed by atoms with van der Waals surface area (Å²) < 4.78 is 0. The number of carbonyl (C=O) groups excluding carboxylic acids is 1. The molecule has 1 saturated heterocycles. The van der Waals surface area contributed by atoms with Crippen molar-refractivity contribution in [2.75, 3.05) is 20.1 Å². The van der Waals surface area contributed by atoms with E-state index in [1.54, 1.807) is 0 Å². The van der Waals surface area contributed by atoms with Gasteiger partial charge in [0.05, 0.1) is 6.04 Å². The molecule has 3 heteroatoms. The van der Waals surface area contributed by atoms with E-state index in [-0.39, 0.29) is 11.9 Å². The Hall–Kier alpha value is -0.570. The van der Waals surface area contributed by atoms with Crippen molar-refractivity contribution in [2.24, 2.45) is 0 Å². The molecule has 1 unspecified atom stereocenters. The summed E-state index contributed by atoms with van der Waals surface area (Å²) in [7, 11) is 1.86. The maximum absolute atomic E-state index is 11.6. The van der Waals surface area contributed by atoms with Crippen molar-refractivity contribution in [3.8, 4) is 0 Å². The van der Waals surface area contributed by atoms with Crippen LogP contribution in [0.15, 0.2) is 0 Å². The zero-order chi connectivity index (χ0) is 8.97. The van der Waals surface area contributed by atoms with Crippen molar-refractivity contribution in [3.05, 3.63) is 0 Å². The van der Waals surface area contributed by atoms with Crippen molar-refractivity contribution in [1.82, 2.24) is 10.2 Å². The van der Waals surface area contributed by atoms with Crippen LogP contribution in [0.5, 0.6) is 0 Å². The van der Waals surface area contributed by atoms with Gasteiger partial charge in [0.15, 0.2) is 0 Å². The van der Waals surface area contributed by atoms with Crippen molar-refractivity contribution >= 4 is 5.91 Å². The molecule has 0 aromatic heterocycles. The summed E-state index contributed by atoms with van der Waals surface area (Å²) >= 11 is 0. The minimum absolute atomic E-state index is 0.0744. The third-order valence-corrected chi connectivity index (χ3v) is 2.37. The molecule has 0 spiro atoms. The number of piperidine rings is 1. The number of likely N-dealkylation sites (N-methyl/N-ethyl adjacent to an activating group) is 1. The molecule has 0 saturated carbocycles. The van der Waals surface area contributed by atoms with Gasteiger partial charge in [0.25, 0.3) is 0 Å². The Morgan fingerprint density at radius 1 is 1.67 bits per heavy atom. The van der Waals surface area contributed by atoms with Crippen molar-refractivity contribution in [2.45, 2.75) is 32.2 Å². The maximum Gasteiger partial charge on any atom is 0.239 e. The smallest absolute Gasteiger partial charge is 0.239 e. The number of rotatable bonds is 3. The minimum atomic E-state index is 0.0744. The second kappa shape index (κ2) is 4.45. The van der Waals surface area contributed by atoms with E-state index in [2.05, 4.69) is 12.2 Å². The largest absolute Gasteiger partial charge is 0.341 e. The van der Waals surface area contributed by atoms with Crippen LogP contribution < -0.4 is 5.32 Å². The van der Waals surface area contributed by atoms with Gasteiger partial charge in [-0.3, -0.25) is 4.79 Å². The van der Waals surface area contributed by atoms with Gasteiger partial charge in [-0.25, -0.2) is 0 Å². The molecular formula is C9H18N2O. The number of nitrogens with one attached hydrogen (secondary N) is 1. The van der Waals surface area contributed by atoms with Crippen LogP contribution in [0.2, 0.25) is 0 Å². The first-order chi connectivity index (χ1) is 5.79. The fourth-order valence-electron chi connectivity index (χ4n) is 1.70. The number of amides is 1. The summed E-state index contributed by atoms with van der Waals surface area (Å²) in [5.41, 5.74) is 0. The number of hydrogen-bond donors (Lipinski definition) is 1. The molecule has 1 rings (SSSR count). The lowest BCUT2D eigenvalue weighted by Gasteiger charge is -2.31. The van der Waals surface area contributed by atoms with Gasteiger partial charge in [-0.15, -0.1) is 0 Å². The van der Waals surface area contributed by atoms with Gasteiger partial charge in [-0.05, 0) is 26.3 Å². The monoisotopic (exact) mass is 170 g/mol. The van der Waals surface area contributed by atoms with Crippen LogP contribution in [0, 0.1) is 0 Å². The Balaban J connectivity index is 2.47. The van der Waals surface area contributed by atoms with Gasteiger partial charge >= 0.3 is 0 Å². The summed E-state index contributed by atoms with van der Waals surface area (Å²) in [6, 6.07) is 0.0744. The lowest BCUT2D eigenvalue weighted by atomic mass is 10.1. The van der Waals surface area contributed by atoms with E-state index >= 15 is 0 Å². The van der Waals surface area contributed by atoms with E-state index in [0.29, 0.717) is 0 Å². The Morgan fingerprint density at radius 3 is 3.00 bits per heavy atom. The summed E-state index contributed by atoms with van der Waals surface area (Å²) in [6.45, 7) is 3.97. The minimum Gasteiger partial charge on any atom is -0.341 e. The number of likely N-dealkylation sites (tertiary alicyclic amines) is 1. The van der Waals surface area contributed by atoms with Gasteiger partial charge in [0.1, 0.15) is 0 Å². The van der Waals surface area contributed by atoms with Gasteiger partial charge in [0, 0.05) is 13.1 Å². The first kappa shape index (κ1) is 9.52. The summed E-state index contributed by atoms with van der Waals surface area (Å²) in [6.07, 6.45) is 3.19. The van der Waals surface area contributed by atoms with Crippen molar-refractivity contribution in [3.63, 3.8) is 0 Å². The second-order valence-electron chi connectivity index (χ2n) is 3.31.